The number of aliphatic imine (C=N–C) groups is 1. The van der Waals surface area contributed by atoms with E-state index in [1.54, 1.807) is 36.4 Å². The van der Waals surface area contributed by atoms with Gasteiger partial charge in [-0.05, 0) is 48.5 Å². The van der Waals surface area contributed by atoms with Crippen molar-refractivity contribution >= 4 is 51.7 Å². The number of para-hydroxylation sites is 2. The lowest BCUT2D eigenvalue weighted by molar-refractivity contribution is -0.122. The van der Waals surface area contributed by atoms with Crippen LogP contribution in [0.3, 0.4) is 0 Å². The first-order chi connectivity index (χ1) is 15.1. The second-order valence-corrected chi connectivity index (χ2v) is 8.25. The number of halogens is 1. The van der Waals surface area contributed by atoms with Crippen molar-refractivity contribution in [2.75, 3.05) is 5.32 Å². The van der Waals surface area contributed by atoms with Crippen LogP contribution in [0.5, 0.6) is 11.5 Å². The second-order valence-electron chi connectivity index (χ2n) is 6.65. The van der Waals surface area contributed by atoms with Gasteiger partial charge in [0.05, 0.1) is 16.4 Å². The molecule has 0 aromatic heterocycles. The number of nitrogens with one attached hydrogen (secondary N) is 2. The summed E-state index contributed by atoms with van der Waals surface area (Å²) in [5.74, 6) is 0.900. The first kappa shape index (κ1) is 21.0. The molecule has 0 saturated carbocycles. The SMILES string of the molecule is O=C(CC1SC(=Nc2ccc(Oc3ccccc3)cc2)NC1=O)Nc1ccccc1Cl. The summed E-state index contributed by atoms with van der Waals surface area (Å²) in [7, 11) is 0. The van der Waals surface area contributed by atoms with Crippen LogP contribution < -0.4 is 15.4 Å². The van der Waals surface area contributed by atoms with Gasteiger partial charge in [-0.25, -0.2) is 4.99 Å². The van der Waals surface area contributed by atoms with Crippen molar-refractivity contribution in [3.8, 4) is 11.5 Å². The Morgan fingerprint density at radius 1 is 1.00 bits per heavy atom. The zero-order chi connectivity index (χ0) is 21.6. The highest BCUT2D eigenvalue weighted by atomic mass is 35.5. The molecule has 0 aliphatic carbocycles. The first-order valence-electron chi connectivity index (χ1n) is 9.50. The summed E-state index contributed by atoms with van der Waals surface area (Å²) in [6, 6.07) is 23.7. The number of hydrogen-bond donors (Lipinski definition) is 2. The lowest BCUT2D eigenvalue weighted by atomic mass is 10.2. The lowest BCUT2D eigenvalue weighted by Crippen LogP contribution is -2.28. The van der Waals surface area contributed by atoms with Crippen LogP contribution in [0.4, 0.5) is 11.4 Å². The summed E-state index contributed by atoms with van der Waals surface area (Å²) in [5, 5.41) is 5.80. The zero-order valence-corrected chi connectivity index (χ0v) is 17.8. The summed E-state index contributed by atoms with van der Waals surface area (Å²) in [6.45, 7) is 0. The minimum Gasteiger partial charge on any atom is -0.457 e. The highest BCUT2D eigenvalue weighted by Crippen LogP contribution is 2.28. The van der Waals surface area contributed by atoms with Gasteiger partial charge < -0.3 is 15.4 Å². The largest absolute Gasteiger partial charge is 0.457 e. The maximum absolute atomic E-state index is 12.3. The van der Waals surface area contributed by atoms with E-state index < -0.39 is 5.25 Å². The number of thioether (sulfide) groups is 1. The Morgan fingerprint density at radius 3 is 2.42 bits per heavy atom. The molecule has 1 fully saturated rings. The molecule has 0 bridgehead atoms. The maximum atomic E-state index is 12.3. The van der Waals surface area contributed by atoms with Crippen LogP contribution in [0, 0.1) is 0 Å². The Hall–Kier alpha value is -3.29. The third kappa shape index (κ3) is 5.65. The van der Waals surface area contributed by atoms with Crippen LogP contribution in [-0.2, 0) is 9.59 Å². The summed E-state index contributed by atoms with van der Waals surface area (Å²) in [4.78, 5) is 29.0. The van der Waals surface area contributed by atoms with Crippen LogP contribution in [-0.4, -0.2) is 22.2 Å². The molecule has 31 heavy (non-hydrogen) atoms. The molecular formula is C23H18ClN3O3S. The molecule has 1 atom stereocenters. The molecular weight excluding hydrogens is 434 g/mol. The molecule has 3 aromatic rings. The number of carbonyl (C=O) groups is 2. The number of carbonyl (C=O) groups excluding carboxylic acids is 2. The Bertz CT molecular complexity index is 1120. The number of nitrogens with zero attached hydrogens (tertiary/aromatic N) is 1. The molecule has 156 valence electrons. The zero-order valence-electron chi connectivity index (χ0n) is 16.2. The summed E-state index contributed by atoms with van der Waals surface area (Å²) < 4.78 is 5.76. The molecule has 1 heterocycles. The molecule has 1 unspecified atom stereocenters. The van der Waals surface area contributed by atoms with Crippen LogP contribution in [0.15, 0.2) is 83.9 Å². The summed E-state index contributed by atoms with van der Waals surface area (Å²) >= 11 is 7.28. The van der Waals surface area contributed by atoms with Crippen molar-refractivity contribution in [3.63, 3.8) is 0 Å². The van der Waals surface area contributed by atoms with E-state index >= 15 is 0 Å². The van der Waals surface area contributed by atoms with Gasteiger partial charge in [0.1, 0.15) is 16.7 Å². The summed E-state index contributed by atoms with van der Waals surface area (Å²) in [6.07, 6.45) is 0.0184. The molecule has 6 nitrogen and oxygen atoms in total. The molecule has 0 radical (unpaired) electrons. The van der Waals surface area contributed by atoms with E-state index in [9.17, 15) is 9.59 Å². The molecule has 8 heteroatoms. The molecule has 2 amide bonds. The average molecular weight is 452 g/mol. The van der Waals surface area contributed by atoms with Gasteiger partial charge in [0, 0.05) is 6.42 Å². The highest BCUT2D eigenvalue weighted by Gasteiger charge is 2.32. The molecule has 1 aliphatic heterocycles. The molecule has 0 spiro atoms. The van der Waals surface area contributed by atoms with Gasteiger partial charge >= 0.3 is 0 Å². The van der Waals surface area contributed by atoms with E-state index in [4.69, 9.17) is 16.3 Å². The van der Waals surface area contributed by atoms with Gasteiger partial charge in [-0.15, -0.1) is 0 Å². The predicted octanol–water partition coefficient (Wildman–Crippen LogP) is 5.38. The lowest BCUT2D eigenvalue weighted by Gasteiger charge is -2.08. The van der Waals surface area contributed by atoms with Crippen molar-refractivity contribution < 1.29 is 14.3 Å². The number of amides is 2. The van der Waals surface area contributed by atoms with E-state index in [-0.39, 0.29) is 18.2 Å². The number of anilines is 1. The average Bonchev–Trinajstić information content (AvgIpc) is 3.10. The van der Waals surface area contributed by atoms with Crippen LogP contribution in [0.1, 0.15) is 6.42 Å². The van der Waals surface area contributed by atoms with Gasteiger partial charge in [0.25, 0.3) is 0 Å². The summed E-state index contributed by atoms with van der Waals surface area (Å²) in [5.41, 5.74) is 1.19. The fourth-order valence-corrected chi connectivity index (χ4v) is 4.03. The minimum atomic E-state index is -0.554. The first-order valence-corrected chi connectivity index (χ1v) is 10.8. The van der Waals surface area contributed by atoms with E-state index in [1.807, 2.05) is 42.5 Å². The fraction of sp³-hybridized carbons (Fsp3) is 0.0870. The van der Waals surface area contributed by atoms with E-state index in [2.05, 4.69) is 15.6 Å². The Morgan fingerprint density at radius 2 is 1.68 bits per heavy atom. The monoisotopic (exact) mass is 451 g/mol. The molecule has 4 rings (SSSR count). The van der Waals surface area contributed by atoms with Crippen molar-refractivity contribution in [1.82, 2.24) is 5.32 Å². The number of hydrogen-bond acceptors (Lipinski definition) is 5. The van der Waals surface area contributed by atoms with Gasteiger partial charge in [-0.2, -0.15) is 0 Å². The van der Waals surface area contributed by atoms with E-state index in [1.165, 1.54) is 11.8 Å². The van der Waals surface area contributed by atoms with Gasteiger partial charge in [0.15, 0.2) is 5.17 Å². The molecule has 1 aliphatic rings. The second kappa shape index (κ2) is 9.68. The van der Waals surface area contributed by atoms with E-state index in [0.29, 0.717) is 27.3 Å². The van der Waals surface area contributed by atoms with E-state index in [0.717, 1.165) is 5.75 Å². The Balaban J connectivity index is 1.35. The number of benzene rings is 3. The smallest absolute Gasteiger partial charge is 0.240 e. The number of amidine groups is 1. The van der Waals surface area contributed by atoms with Crippen LogP contribution >= 0.6 is 23.4 Å². The van der Waals surface area contributed by atoms with Gasteiger partial charge in [-0.3, -0.25) is 9.59 Å². The predicted molar refractivity (Wildman–Crippen MR) is 124 cm³/mol. The topological polar surface area (TPSA) is 79.8 Å². The normalized spacial score (nSPS) is 16.7. The van der Waals surface area contributed by atoms with Crippen molar-refractivity contribution in [3.05, 3.63) is 83.9 Å². The third-order valence-corrected chi connectivity index (χ3v) is 5.75. The highest BCUT2D eigenvalue weighted by molar-refractivity contribution is 8.15. The Kier molecular flexibility index (Phi) is 6.54. The van der Waals surface area contributed by atoms with Crippen molar-refractivity contribution in [2.24, 2.45) is 4.99 Å². The fourth-order valence-electron chi connectivity index (χ4n) is 2.86. The quantitative estimate of drug-likeness (QED) is 0.527. The molecule has 3 aromatic carbocycles. The van der Waals surface area contributed by atoms with Crippen LogP contribution in [0.2, 0.25) is 5.02 Å². The third-order valence-electron chi connectivity index (χ3n) is 4.34. The van der Waals surface area contributed by atoms with Crippen molar-refractivity contribution in [1.29, 1.82) is 0 Å². The van der Waals surface area contributed by atoms with Gasteiger partial charge in [0.2, 0.25) is 11.8 Å². The Labute approximate surface area is 188 Å². The maximum Gasteiger partial charge on any atom is 0.240 e. The number of ether oxygens (including phenoxy) is 1. The standard InChI is InChI=1S/C23H18ClN3O3S/c24-18-8-4-5-9-19(18)26-21(28)14-20-22(29)27-23(31-20)25-15-10-12-17(13-11-15)30-16-6-2-1-3-7-16/h1-13,20H,14H2,(H,26,28)(H,25,27,29). The van der Waals surface area contributed by atoms with Crippen LogP contribution in [0.25, 0.3) is 0 Å². The molecule has 1 saturated heterocycles. The van der Waals surface area contributed by atoms with Gasteiger partial charge in [-0.1, -0.05) is 53.7 Å². The number of rotatable bonds is 6. The van der Waals surface area contributed by atoms with Crippen molar-refractivity contribution in [2.45, 2.75) is 11.7 Å². The molecule has 2 N–H and O–H groups in total. The minimum absolute atomic E-state index is 0.0184.